The number of carbonyl (C=O) groups excluding carboxylic acids is 2. The van der Waals surface area contributed by atoms with Crippen LogP contribution in [-0.4, -0.2) is 35.9 Å². The number of likely N-dealkylation sites (N-methyl/N-ethyl adjacent to an activating group) is 1. The van der Waals surface area contributed by atoms with Gasteiger partial charge < -0.3 is 15.0 Å². The average molecular weight is 468 g/mol. The molecule has 28 heavy (non-hydrogen) atoms. The van der Waals surface area contributed by atoms with E-state index < -0.39 is 6.04 Å². The summed E-state index contributed by atoms with van der Waals surface area (Å²) < 4.78 is 6.32. The number of halogens is 2. The molecule has 0 spiro atoms. The molecule has 2 aromatic carbocycles. The van der Waals surface area contributed by atoms with Crippen molar-refractivity contribution in [2.45, 2.75) is 33.4 Å². The molecule has 0 aliphatic heterocycles. The first kappa shape index (κ1) is 22.2. The molecule has 0 bridgehead atoms. The van der Waals surface area contributed by atoms with Crippen LogP contribution < -0.4 is 10.1 Å². The summed E-state index contributed by atoms with van der Waals surface area (Å²) in [6.45, 7) is 6.20. The predicted molar refractivity (Wildman–Crippen MR) is 115 cm³/mol. The molecule has 2 aromatic rings. The Hall–Kier alpha value is -2.05. The Labute approximate surface area is 179 Å². The third-order valence-electron chi connectivity index (χ3n) is 4.20. The van der Waals surface area contributed by atoms with E-state index in [0.717, 1.165) is 11.1 Å². The van der Waals surface area contributed by atoms with Gasteiger partial charge in [0.2, 0.25) is 5.91 Å². The Morgan fingerprint density at radius 3 is 2.64 bits per heavy atom. The van der Waals surface area contributed by atoms with Gasteiger partial charge in [-0.15, -0.1) is 0 Å². The van der Waals surface area contributed by atoms with E-state index in [1.54, 1.807) is 25.1 Å². The van der Waals surface area contributed by atoms with Crippen LogP contribution >= 0.6 is 27.5 Å². The summed E-state index contributed by atoms with van der Waals surface area (Å²) >= 11 is 9.30. The van der Waals surface area contributed by atoms with E-state index >= 15 is 0 Å². The summed E-state index contributed by atoms with van der Waals surface area (Å²) in [5, 5.41) is 3.34. The van der Waals surface area contributed by atoms with Gasteiger partial charge in [0.15, 0.2) is 6.61 Å². The third kappa shape index (κ3) is 6.24. The molecule has 150 valence electrons. The number of carbonyl (C=O) groups is 2. The first-order valence-corrected chi connectivity index (χ1v) is 10.2. The molecule has 0 aliphatic carbocycles. The van der Waals surface area contributed by atoms with Crippen LogP contribution in [0.15, 0.2) is 46.9 Å². The van der Waals surface area contributed by atoms with Crippen LogP contribution in [0.3, 0.4) is 0 Å². The maximum absolute atomic E-state index is 12.9. The number of hydrogen-bond acceptors (Lipinski definition) is 3. The molecule has 0 saturated heterocycles. The maximum atomic E-state index is 12.9. The quantitative estimate of drug-likeness (QED) is 0.628. The first-order chi connectivity index (χ1) is 13.3. The van der Waals surface area contributed by atoms with Crippen molar-refractivity contribution in [3.05, 3.63) is 63.1 Å². The summed E-state index contributed by atoms with van der Waals surface area (Å²) in [4.78, 5) is 26.8. The Morgan fingerprint density at radius 2 is 2.00 bits per heavy atom. The highest BCUT2D eigenvalue weighted by Crippen LogP contribution is 2.28. The maximum Gasteiger partial charge on any atom is 0.261 e. The minimum atomic E-state index is -0.620. The Bertz CT molecular complexity index is 844. The van der Waals surface area contributed by atoms with Crippen molar-refractivity contribution in [3.8, 4) is 5.75 Å². The Kier molecular flexibility index (Phi) is 8.33. The van der Waals surface area contributed by atoms with E-state index in [1.165, 1.54) is 4.90 Å². The highest BCUT2D eigenvalue weighted by atomic mass is 79.9. The van der Waals surface area contributed by atoms with Gasteiger partial charge in [-0.1, -0.05) is 41.4 Å². The number of nitrogens with zero attached hydrogens (tertiary/aromatic N) is 1. The van der Waals surface area contributed by atoms with Crippen LogP contribution in [0.25, 0.3) is 0 Å². The zero-order valence-electron chi connectivity index (χ0n) is 16.2. The van der Waals surface area contributed by atoms with E-state index in [-0.39, 0.29) is 18.4 Å². The van der Waals surface area contributed by atoms with Crippen molar-refractivity contribution in [1.29, 1.82) is 0 Å². The molecule has 0 radical (unpaired) electrons. The van der Waals surface area contributed by atoms with Crippen molar-refractivity contribution < 1.29 is 14.3 Å². The van der Waals surface area contributed by atoms with Gasteiger partial charge in [-0.25, -0.2) is 0 Å². The zero-order valence-corrected chi connectivity index (χ0v) is 18.5. The van der Waals surface area contributed by atoms with E-state index in [2.05, 4.69) is 21.2 Å². The predicted octanol–water partition coefficient (Wildman–Crippen LogP) is 4.34. The molecule has 5 nitrogen and oxygen atoms in total. The number of hydrogen-bond donors (Lipinski definition) is 1. The van der Waals surface area contributed by atoms with Gasteiger partial charge in [0.1, 0.15) is 11.8 Å². The fraction of sp³-hybridized carbons (Fsp3) is 0.333. The summed E-state index contributed by atoms with van der Waals surface area (Å²) in [7, 11) is 0. The van der Waals surface area contributed by atoms with Crippen molar-refractivity contribution in [1.82, 2.24) is 10.2 Å². The van der Waals surface area contributed by atoms with E-state index in [1.807, 2.05) is 38.1 Å². The topological polar surface area (TPSA) is 58.6 Å². The van der Waals surface area contributed by atoms with Crippen molar-refractivity contribution >= 4 is 39.3 Å². The molecular weight excluding hydrogens is 444 g/mol. The number of amides is 2. The summed E-state index contributed by atoms with van der Waals surface area (Å²) in [5.74, 6) is 0.0391. The fourth-order valence-corrected chi connectivity index (χ4v) is 3.52. The smallest absolute Gasteiger partial charge is 0.261 e. The zero-order chi connectivity index (χ0) is 20.7. The van der Waals surface area contributed by atoms with Gasteiger partial charge >= 0.3 is 0 Å². The van der Waals surface area contributed by atoms with Gasteiger partial charge in [0, 0.05) is 18.1 Å². The fourth-order valence-electron chi connectivity index (χ4n) is 2.73. The molecule has 0 fully saturated rings. The molecule has 0 aromatic heterocycles. The second-order valence-corrected chi connectivity index (χ2v) is 7.74. The molecule has 1 atom stereocenters. The molecule has 1 N–H and O–H groups in total. The minimum Gasteiger partial charge on any atom is -0.483 e. The standard InChI is InChI=1S/C21H24BrClN2O3/c1-4-24-21(27)15(3)25(12-16-7-5-6-14(2)10-16)20(26)13-28-19-9-8-17(23)11-18(19)22/h5-11,15H,4,12-13H2,1-3H3,(H,24,27)/t15-/m0/s1. The molecule has 0 aliphatic rings. The van der Waals surface area contributed by atoms with Crippen LogP contribution in [-0.2, 0) is 16.1 Å². The summed E-state index contributed by atoms with van der Waals surface area (Å²) in [6, 6.07) is 12.3. The molecule has 2 rings (SSSR count). The lowest BCUT2D eigenvalue weighted by atomic mass is 10.1. The highest BCUT2D eigenvalue weighted by Gasteiger charge is 2.26. The number of benzene rings is 2. The third-order valence-corrected chi connectivity index (χ3v) is 5.05. The normalized spacial score (nSPS) is 11.6. The summed E-state index contributed by atoms with van der Waals surface area (Å²) in [6.07, 6.45) is 0. The highest BCUT2D eigenvalue weighted by molar-refractivity contribution is 9.10. The number of rotatable bonds is 8. The van der Waals surface area contributed by atoms with Crippen molar-refractivity contribution in [2.75, 3.05) is 13.2 Å². The molecule has 0 saturated carbocycles. The minimum absolute atomic E-state index is 0.185. The lowest BCUT2D eigenvalue weighted by Crippen LogP contribution is -2.49. The van der Waals surface area contributed by atoms with Crippen LogP contribution in [0.4, 0.5) is 0 Å². The van der Waals surface area contributed by atoms with Crippen LogP contribution in [0.1, 0.15) is 25.0 Å². The Balaban J connectivity index is 2.16. The second kappa shape index (κ2) is 10.5. The monoisotopic (exact) mass is 466 g/mol. The molecule has 0 heterocycles. The molecule has 2 amide bonds. The van der Waals surface area contributed by atoms with Crippen LogP contribution in [0, 0.1) is 6.92 Å². The van der Waals surface area contributed by atoms with Crippen LogP contribution in [0.5, 0.6) is 5.75 Å². The number of nitrogens with one attached hydrogen (secondary N) is 1. The SMILES string of the molecule is CCNC(=O)[C@H](C)N(Cc1cccc(C)c1)C(=O)COc1ccc(Cl)cc1Br. The summed E-state index contributed by atoms with van der Waals surface area (Å²) in [5.41, 5.74) is 2.05. The molecular formula is C21H24BrClN2O3. The van der Waals surface area contributed by atoms with Gasteiger partial charge in [-0.2, -0.15) is 0 Å². The van der Waals surface area contributed by atoms with Gasteiger partial charge in [-0.3, -0.25) is 9.59 Å². The Morgan fingerprint density at radius 1 is 1.25 bits per heavy atom. The lowest BCUT2D eigenvalue weighted by molar-refractivity contribution is -0.142. The second-order valence-electron chi connectivity index (χ2n) is 6.44. The number of ether oxygens (including phenoxy) is 1. The molecule has 7 heteroatoms. The lowest BCUT2D eigenvalue weighted by Gasteiger charge is -2.28. The largest absolute Gasteiger partial charge is 0.483 e. The first-order valence-electron chi connectivity index (χ1n) is 9.02. The van der Waals surface area contributed by atoms with E-state index in [0.29, 0.717) is 28.3 Å². The van der Waals surface area contributed by atoms with Crippen molar-refractivity contribution in [3.63, 3.8) is 0 Å². The van der Waals surface area contributed by atoms with Gasteiger partial charge in [0.25, 0.3) is 5.91 Å². The van der Waals surface area contributed by atoms with Gasteiger partial charge in [0.05, 0.1) is 4.47 Å². The van der Waals surface area contributed by atoms with Gasteiger partial charge in [-0.05, 0) is 60.5 Å². The van der Waals surface area contributed by atoms with Crippen LogP contribution in [0.2, 0.25) is 5.02 Å². The number of aryl methyl sites for hydroxylation is 1. The van der Waals surface area contributed by atoms with Crippen molar-refractivity contribution in [2.24, 2.45) is 0 Å². The molecule has 0 unspecified atom stereocenters. The van der Waals surface area contributed by atoms with E-state index in [4.69, 9.17) is 16.3 Å². The van der Waals surface area contributed by atoms with E-state index in [9.17, 15) is 9.59 Å². The average Bonchev–Trinajstić information content (AvgIpc) is 2.65.